The van der Waals surface area contributed by atoms with Gasteiger partial charge >= 0.3 is 6.09 Å². The highest BCUT2D eigenvalue weighted by atomic mass is 16.6. The molecular weight excluding hydrogens is 434 g/mol. The lowest BCUT2D eigenvalue weighted by Gasteiger charge is -2.22. The van der Waals surface area contributed by atoms with Crippen LogP contribution in [0.4, 0.5) is 4.79 Å². The molecule has 0 aromatic heterocycles. The molecule has 1 atom stereocenters. The van der Waals surface area contributed by atoms with Gasteiger partial charge in [-0.25, -0.2) is 4.79 Å². The molecule has 0 aliphatic carbocycles. The number of hydrogen-bond donors (Lipinski definition) is 3. The van der Waals surface area contributed by atoms with Crippen molar-refractivity contribution in [1.82, 2.24) is 16.0 Å². The number of nitrogens with one attached hydrogen (secondary N) is 3. The highest BCUT2D eigenvalue weighted by Crippen LogP contribution is 2.09. The van der Waals surface area contributed by atoms with Gasteiger partial charge in [-0.1, -0.05) is 30.3 Å². The molecule has 0 radical (unpaired) electrons. The first-order valence-electron chi connectivity index (χ1n) is 11.9. The van der Waals surface area contributed by atoms with Gasteiger partial charge in [-0.3, -0.25) is 14.4 Å². The minimum atomic E-state index is -0.754. The van der Waals surface area contributed by atoms with Crippen molar-refractivity contribution in [2.75, 3.05) is 6.54 Å². The zero-order chi connectivity index (χ0) is 25.8. The smallest absolute Gasteiger partial charge is 0.407 e. The molecular formula is C26H41N3O5. The third-order valence-corrected chi connectivity index (χ3v) is 4.65. The van der Waals surface area contributed by atoms with Crippen LogP contribution in [0.25, 0.3) is 0 Å². The van der Waals surface area contributed by atoms with Crippen molar-refractivity contribution in [1.29, 1.82) is 0 Å². The first-order chi connectivity index (χ1) is 15.7. The summed E-state index contributed by atoms with van der Waals surface area (Å²) in [7, 11) is 0. The molecule has 0 spiro atoms. The quantitative estimate of drug-likeness (QED) is 0.399. The highest BCUT2D eigenvalue weighted by Gasteiger charge is 2.23. The predicted molar refractivity (Wildman–Crippen MR) is 132 cm³/mol. The fourth-order valence-electron chi connectivity index (χ4n) is 3.18. The molecule has 1 aromatic rings. The largest absolute Gasteiger partial charge is 0.444 e. The van der Waals surface area contributed by atoms with E-state index in [1.165, 1.54) is 0 Å². The molecule has 0 heterocycles. The highest BCUT2D eigenvalue weighted by molar-refractivity contribution is 5.89. The Hall–Kier alpha value is -2.90. The van der Waals surface area contributed by atoms with Crippen LogP contribution < -0.4 is 16.0 Å². The molecule has 34 heavy (non-hydrogen) atoms. The molecule has 0 bridgehead atoms. The van der Waals surface area contributed by atoms with Crippen LogP contribution in [0, 0.1) is 0 Å². The summed E-state index contributed by atoms with van der Waals surface area (Å²) < 4.78 is 5.18. The zero-order valence-electron chi connectivity index (χ0n) is 21.5. The maximum Gasteiger partial charge on any atom is 0.407 e. The molecule has 8 heteroatoms. The van der Waals surface area contributed by atoms with Crippen LogP contribution in [0.15, 0.2) is 30.3 Å². The molecule has 3 amide bonds. The Morgan fingerprint density at radius 1 is 0.882 bits per heavy atom. The topological polar surface area (TPSA) is 114 Å². The van der Waals surface area contributed by atoms with E-state index in [4.69, 9.17) is 4.74 Å². The van der Waals surface area contributed by atoms with E-state index in [1.807, 2.05) is 51.1 Å². The van der Waals surface area contributed by atoms with Crippen molar-refractivity contribution in [2.45, 2.75) is 97.2 Å². The van der Waals surface area contributed by atoms with Crippen LogP contribution >= 0.6 is 0 Å². The van der Waals surface area contributed by atoms with Gasteiger partial charge in [0.2, 0.25) is 11.8 Å². The van der Waals surface area contributed by atoms with E-state index in [0.717, 1.165) is 5.56 Å². The molecule has 0 saturated carbocycles. The molecule has 8 nitrogen and oxygen atoms in total. The molecule has 0 aliphatic rings. The first kappa shape index (κ1) is 29.1. The van der Waals surface area contributed by atoms with Gasteiger partial charge in [0.25, 0.3) is 0 Å². The number of ether oxygens (including phenoxy) is 1. The molecule has 0 unspecified atom stereocenters. The van der Waals surface area contributed by atoms with Crippen molar-refractivity contribution < 1.29 is 23.9 Å². The van der Waals surface area contributed by atoms with Crippen molar-refractivity contribution in [3.8, 4) is 0 Å². The van der Waals surface area contributed by atoms with E-state index in [9.17, 15) is 19.2 Å². The monoisotopic (exact) mass is 475 g/mol. The van der Waals surface area contributed by atoms with Crippen molar-refractivity contribution >= 4 is 23.7 Å². The van der Waals surface area contributed by atoms with Crippen LogP contribution in [-0.4, -0.2) is 47.4 Å². The Morgan fingerprint density at radius 3 is 2.12 bits per heavy atom. The fraction of sp³-hybridized carbons (Fsp3) is 0.615. The van der Waals surface area contributed by atoms with Crippen LogP contribution in [0.5, 0.6) is 0 Å². The Balaban J connectivity index is 2.60. The lowest BCUT2D eigenvalue weighted by atomic mass is 10.0. The van der Waals surface area contributed by atoms with E-state index >= 15 is 0 Å². The number of amides is 3. The number of carbonyl (C=O) groups excluding carboxylic acids is 4. The molecule has 0 saturated heterocycles. The van der Waals surface area contributed by atoms with Crippen molar-refractivity contribution in [2.24, 2.45) is 0 Å². The SMILES string of the molecule is CC(C)(C)NC(=O)CC[C@H](NC(=O)CCc1ccccc1)C(=O)CCCNC(=O)OC(C)(C)C. The molecule has 0 aliphatic heterocycles. The Kier molecular flexibility index (Phi) is 11.8. The van der Waals surface area contributed by atoms with Crippen LogP contribution in [-0.2, 0) is 25.5 Å². The average molecular weight is 476 g/mol. The standard InChI is InChI=1S/C26H41N3O5/c1-25(2,3)29-23(32)17-15-20(28-22(31)16-14-19-11-8-7-9-12-19)21(30)13-10-18-27-24(33)34-26(4,5)6/h7-9,11-12,20H,10,13-18H2,1-6H3,(H,27,33)(H,28,31)(H,29,32)/t20-/m0/s1. The third-order valence-electron chi connectivity index (χ3n) is 4.65. The minimum Gasteiger partial charge on any atom is -0.444 e. The van der Waals surface area contributed by atoms with E-state index in [2.05, 4.69) is 16.0 Å². The van der Waals surface area contributed by atoms with Gasteiger partial charge in [0, 0.05) is 31.3 Å². The molecule has 1 rings (SSSR count). The van der Waals surface area contributed by atoms with E-state index in [-0.39, 0.29) is 55.4 Å². The molecule has 1 aromatic carbocycles. The number of ketones is 1. The zero-order valence-corrected chi connectivity index (χ0v) is 21.5. The Labute approximate surface area is 203 Å². The lowest BCUT2D eigenvalue weighted by Crippen LogP contribution is -2.44. The minimum absolute atomic E-state index is 0.128. The summed E-state index contributed by atoms with van der Waals surface area (Å²) >= 11 is 0. The van der Waals surface area contributed by atoms with Crippen LogP contribution in [0.3, 0.4) is 0 Å². The predicted octanol–water partition coefficient (Wildman–Crippen LogP) is 3.67. The van der Waals surface area contributed by atoms with Crippen molar-refractivity contribution in [3.05, 3.63) is 35.9 Å². The van der Waals surface area contributed by atoms with Crippen LogP contribution in [0.1, 0.15) is 79.2 Å². The van der Waals surface area contributed by atoms with E-state index in [1.54, 1.807) is 20.8 Å². The van der Waals surface area contributed by atoms with Crippen LogP contribution in [0.2, 0.25) is 0 Å². The molecule has 190 valence electrons. The second-order valence-electron chi connectivity index (χ2n) is 10.4. The van der Waals surface area contributed by atoms with Gasteiger partial charge in [0.15, 0.2) is 5.78 Å². The second kappa shape index (κ2) is 13.7. The number of rotatable bonds is 12. The lowest BCUT2D eigenvalue weighted by molar-refractivity contribution is -0.129. The Morgan fingerprint density at radius 2 is 1.53 bits per heavy atom. The first-order valence-corrected chi connectivity index (χ1v) is 11.9. The summed E-state index contributed by atoms with van der Waals surface area (Å²) in [6.45, 7) is 11.3. The second-order valence-corrected chi connectivity index (χ2v) is 10.4. The number of aryl methyl sites for hydroxylation is 1. The van der Waals surface area contributed by atoms with Crippen molar-refractivity contribution in [3.63, 3.8) is 0 Å². The van der Waals surface area contributed by atoms with Gasteiger partial charge in [0.05, 0.1) is 6.04 Å². The summed E-state index contributed by atoms with van der Waals surface area (Å²) in [5.41, 5.74) is 0.0733. The maximum atomic E-state index is 12.8. The fourth-order valence-corrected chi connectivity index (χ4v) is 3.18. The summed E-state index contributed by atoms with van der Waals surface area (Å²) in [6.07, 6.45) is 1.20. The number of alkyl carbamates (subject to hydrolysis) is 1. The number of carbonyl (C=O) groups is 4. The Bertz CT molecular complexity index is 810. The third kappa shape index (κ3) is 14.3. The maximum absolute atomic E-state index is 12.8. The van der Waals surface area contributed by atoms with Gasteiger partial charge in [-0.2, -0.15) is 0 Å². The number of Topliss-reactive ketones (excluding diaryl/α,β-unsaturated/α-hetero) is 1. The van der Waals surface area contributed by atoms with Gasteiger partial charge in [0.1, 0.15) is 5.60 Å². The number of hydrogen-bond acceptors (Lipinski definition) is 5. The summed E-state index contributed by atoms with van der Waals surface area (Å²) in [4.78, 5) is 49.3. The summed E-state index contributed by atoms with van der Waals surface area (Å²) in [5, 5.41) is 8.30. The van der Waals surface area contributed by atoms with E-state index in [0.29, 0.717) is 12.8 Å². The van der Waals surface area contributed by atoms with Gasteiger partial charge in [-0.15, -0.1) is 0 Å². The molecule has 0 fully saturated rings. The number of benzene rings is 1. The summed E-state index contributed by atoms with van der Waals surface area (Å²) in [5.74, 6) is -0.566. The molecule has 3 N–H and O–H groups in total. The van der Waals surface area contributed by atoms with Gasteiger partial charge < -0.3 is 20.7 Å². The van der Waals surface area contributed by atoms with E-state index < -0.39 is 17.7 Å². The normalized spacial score (nSPS) is 12.4. The average Bonchev–Trinajstić information content (AvgIpc) is 2.70. The summed E-state index contributed by atoms with van der Waals surface area (Å²) in [6, 6.07) is 8.89. The van der Waals surface area contributed by atoms with Gasteiger partial charge in [-0.05, 0) is 66.4 Å².